The Balaban J connectivity index is 1.41. The standard InChI is InChI=1S/C24H27N3O5/c1-30-22-8-4-17(5-9-22)14-19(23-25-24(29)32-26-23)16-21(28)15-18-2-6-20(7-3-18)27-10-12-31-13-11-27/h2-9,19H,10-16H2,1H3,(H,25,26,29). The third kappa shape index (κ3) is 5.64. The van der Waals surface area contributed by atoms with E-state index in [1.165, 1.54) is 0 Å². The van der Waals surface area contributed by atoms with Crippen LogP contribution in [0.25, 0.3) is 0 Å². The second-order valence-corrected chi connectivity index (χ2v) is 7.91. The van der Waals surface area contributed by atoms with Crippen LogP contribution < -0.4 is 15.4 Å². The van der Waals surface area contributed by atoms with Crippen molar-refractivity contribution in [3.8, 4) is 5.75 Å². The van der Waals surface area contributed by atoms with Gasteiger partial charge in [-0.1, -0.05) is 29.4 Å². The van der Waals surface area contributed by atoms with Gasteiger partial charge >= 0.3 is 5.76 Å². The van der Waals surface area contributed by atoms with Gasteiger partial charge in [0.1, 0.15) is 11.5 Å². The number of anilines is 1. The van der Waals surface area contributed by atoms with Crippen LogP contribution in [-0.4, -0.2) is 49.3 Å². The van der Waals surface area contributed by atoms with Crippen LogP contribution >= 0.6 is 0 Å². The number of aromatic nitrogens is 2. The Labute approximate surface area is 186 Å². The summed E-state index contributed by atoms with van der Waals surface area (Å²) in [6.07, 6.45) is 1.12. The van der Waals surface area contributed by atoms with Crippen molar-refractivity contribution in [3.05, 3.63) is 76.0 Å². The molecule has 1 aliphatic rings. The molecule has 2 heterocycles. The van der Waals surface area contributed by atoms with Crippen molar-refractivity contribution in [2.75, 3.05) is 38.3 Å². The second-order valence-electron chi connectivity index (χ2n) is 7.91. The lowest BCUT2D eigenvalue weighted by molar-refractivity contribution is -0.118. The van der Waals surface area contributed by atoms with Gasteiger partial charge in [0.2, 0.25) is 0 Å². The van der Waals surface area contributed by atoms with Crippen LogP contribution in [-0.2, 0) is 22.4 Å². The molecule has 0 radical (unpaired) electrons. The number of carbonyl (C=O) groups is 1. The van der Waals surface area contributed by atoms with Crippen molar-refractivity contribution in [1.82, 2.24) is 10.1 Å². The SMILES string of the molecule is COc1ccc(CC(CC(=O)Cc2ccc(N3CCOCC3)cc2)c2noc(=O)[nH]2)cc1. The maximum absolute atomic E-state index is 12.9. The predicted octanol–water partition coefficient (Wildman–Crippen LogP) is 2.74. The predicted molar refractivity (Wildman–Crippen MR) is 119 cm³/mol. The largest absolute Gasteiger partial charge is 0.497 e. The molecule has 168 valence electrons. The van der Waals surface area contributed by atoms with E-state index in [4.69, 9.17) is 9.47 Å². The highest BCUT2D eigenvalue weighted by molar-refractivity contribution is 5.81. The number of nitrogens with zero attached hydrogens (tertiary/aromatic N) is 2. The first-order valence-electron chi connectivity index (χ1n) is 10.7. The van der Waals surface area contributed by atoms with Crippen molar-refractivity contribution < 1.29 is 18.8 Å². The molecule has 8 nitrogen and oxygen atoms in total. The molecule has 8 heteroatoms. The fourth-order valence-electron chi connectivity index (χ4n) is 3.95. The van der Waals surface area contributed by atoms with Crippen LogP contribution in [0.3, 0.4) is 0 Å². The number of hydrogen-bond acceptors (Lipinski definition) is 7. The number of H-pyrrole nitrogens is 1. The van der Waals surface area contributed by atoms with Crippen LogP contribution in [0.15, 0.2) is 57.8 Å². The summed E-state index contributed by atoms with van der Waals surface area (Å²) in [6.45, 7) is 3.22. The zero-order chi connectivity index (χ0) is 22.3. The number of methoxy groups -OCH3 is 1. The summed E-state index contributed by atoms with van der Waals surface area (Å²) in [4.78, 5) is 29.2. The Morgan fingerprint density at radius 2 is 1.78 bits per heavy atom. The molecule has 1 atom stereocenters. The normalized spacial score (nSPS) is 14.8. The molecule has 1 fully saturated rings. The van der Waals surface area contributed by atoms with E-state index >= 15 is 0 Å². The summed E-state index contributed by atoms with van der Waals surface area (Å²) in [7, 11) is 1.62. The van der Waals surface area contributed by atoms with Crippen molar-refractivity contribution in [3.63, 3.8) is 0 Å². The monoisotopic (exact) mass is 437 g/mol. The van der Waals surface area contributed by atoms with E-state index in [-0.39, 0.29) is 18.1 Å². The fraction of sp³-hybridized carbons (Fsp3) is 0.375. The summed E-state index contributed by atoms with van der Waals surface area (Å²) in [5.74, 6) is 0.325. The van der Waals surface area contributed by atoms with Gasteiger partial charge in [0, 0.05) is 37.5 Å². The van der Waals surface area contributed by atoms with Crippen LogP contribution in [0, 0.1) is 0 Å². The number of hydrogen-bond donors (Lipinski definition) is 1. The molecule has 0 spiro atoms. The molecule has 1 unspecified atom stereocenters. The van der Waals surface area contributed by atoms with Gasteiger partial charge in [-0.05, 0) is 41.8 Å². The quantitative estimate of drug-likeness (QED) is 0.550. The Morgan fingerprint density at radius 3 is 2.41 bits per heavy atom. The van der Waals surface area contributed by atoms with E-state index in [1.54, 1.807) is 7.11 Å². The van der Waals surface area contributed by atoms with Gasteiger partial charge in [0.05, 0.1) is 20.3 Å². The van der Waals surface area contributed by atoms with E-state index in [0.717, 1.165) is 48.9 Å². The number of Topliss-reactive ketones (excluding diaryl/α,β-unsaturated/α-hetero) is 1. The first-order chi connectivity index (χ1) is 15.6. The lowest BCUT2D eigenvalue weighted by Gasteiger charge is -2.28. The lowest BCUT2D eigenvalue weighted by Crippen LogP contribution is -2.36. The van der Waals surface area contributed by atoms with Crippen LogP contribution in [0.4, 0.5) is 5.69 Å². The highest BCUT2D eigenvalue weighted by atomic mass is 16.5. The third-order valence-electron chi connectivity index (χ3n) is 5.67. The molecule has 3 aromatic rings. The Morgan fingerprint density at radius 1 is 1.09 bits per heavy atom. The number of carbonyl (C=O) groups excluding carboxylic acids is 1. The topological polar surface area (TPSA) is 97.7 Å². The minimum absolute atomic E-state index is 0.0754. The van der Waals surface area contributed by atoms with E-state index in [2.05, 4.69) is 31.7 Å². The molecule has 0 saturated carbocycles. The fourth-order valence-corrected chi connectivity index (χ4v) is 3.95. The second kappa shape index (κ2) is 10.3. The van der Waals surface area contributed by atoms with Crippen molar-refractivity contribution >= 4 is 11.5 Å². The van der Waals surface area contributed by atoms with Gasteiger partial charge in [0.15, 0.2) is 5.82 Å². The number of aromatic amines is 1. The molecule has 1 saturated heterocycles. The number of morpholine rings is 1. The van der Waals surface area contributed by atoms with Gasteiger partial charge in [0.25, 0.3) is 0 Å². The summed E-state index contributed by atoms with van der Waals surface area (Å²) in [5.41, 5.74) is 3.12. The Bertz CT molecular complexity index is 1070. The van der Waals surface area contributed by atoms with Crippen LogP contribution in [0.5, 0.6) is 5.75 Å². The molecule has 2 aromatic carbocycles. The van der Waals surface area contributed by atoms with Crippen LogP contribution in [0.1, 0.15) is 29.3 Å². The number of ketones is 1. The highest BCUT2D eigenvalue weighted by Crippen LogP contribution is 2.24. The first kappa shape index (κ1) is 21.8. The molecular weight excluding hydrogens is 410 g/mol. The highest BCUT2D eigenvalue weighted by Gasteiger charge is 2.21. The minimum Gasteiger partial charge on any atom is -0.497 e. The van der Waals surface area contributed by atoms with Crippen molar-refractivity contribution in [2.24, 2.45) is 0 Å². The average Bonchev–Trinajstić information content (AvgIpc) is 3.26. The average molecular weight is 437 g/mol. The molecule has 4 rings (SSSR count). The maximum atomic E-state index is 12.9. The molecule has 1 aliphatic heterocycles. The minimum atomic E-state index is -0.620. The maximum Gasteiger partial charge on any atom is 0.438 e. The smallest absolute Gasteiger partial charge is 0.438 e. The molecule has 1 N–H and O–H groups in total. The van der Waals surface area contributed by atoms with E-state index in [0.29, 0.717) is 18.7 Å². The zero-order valence-corrected chi connectivity index (χ0v) is 18.1. The number of ether oxygens (including phenoxy) is 2. The molecular formula is C24H27N3O5. The van der Waals surface area contributed by atoms with Crippen molar-refractivity contribution in [1.29, 1.82) is 0 Å². The van der Waals surface area contributed by atoms with E-state index in [1.807, 2.05) is 36.4 Å². The van der Waals surface area contributed by atoms with Crippen molar-refractivity contribution in [2.45, 2.75) is 25.2 Å². The Kier molecular flexibility index (Phi) is 7.01. The van der Waals surface area contributed by atoms with E-state index < -0.39 is 5.76 Å². The number of nitrogens with one attached hydrogen (secondary N) is 1. The molecule has 0 aliphatic carbocycles. The van der Waals surface area contributed by atoms with Crippen LogP contribution in [0.2, 0.25) is 0 Å². The molecule has 0 bridgehead atoms. The summed E-state index contributed by atoms with van der Waals surface area (Å²) >= 11 is 0. The van der Waals surface area contributed by atoms with Gasteiger partial charge in [-0.2, -0.15) is 0 Å². The van der Waals surface area contributed by atoms with Gasteiger partial charge in [-0.3, -0.25) is 14.3 Å². The first-order valence-corrected chi connectivity index (χ1v) is 10.7. The Hall–Kier alpha value is -3.39. The third-order valence-corrected chi connectivity index (χ3v) is 5.67. The van der Waals surface area contributed by atoms with Gasteiger partial charge in [-0.25, -0.2) is 4.79 Å². The van der Waals surface area contributed by atoms with Gasteiger partial charge < -0.3 is 14.4 Å². The number of rotatable bonds is 9. The van der Waals surface area contributed by atoms with E-state index in [9.17, 15) is 9.59 Å². The lowest BCUT2D eigenvalue weighted by atomic mass is 9.91. The summed E-state index contributed by atoms with van der Waals surface area (Å²) in [5, 5.41) is 3.83. The van der Waals surface area contributed by atoms with Gasteiger partial charge in [-0.15, -0.1) is 0 Å². The molecule has 1 aromatic heterocycles. The number of benzene rings is 2. The summed E-state index contributed by atoms with van der Waals surface area (Å²) in [6, 6.07) is 15.7. The molecule has 32 heavy (non-hydrogen) atoms. The summed E-state index contributed by atoms with van der Waals surface area (Å²) < 4.78 is 15.3. The zero-order valence-electron chi connectivity index (χ0n) is 18.1. The molecule has 0 amide bonds.